The Morgan fingerprint density at radius 2 is 1.42 bits per heavy atom. The third kappa shape index (κ3) is 2.65. The molecule has 4 rings (SSSR count). The van der Waals surface area contributed by atoms with E-state index in [4.69, 9.17) is 0 Å². The predicted octanol–water partition coefficient (Wildman–Crippen LogP) is 5.31. The smallest absolute Gasteiger partial charge is 0.138 e. The Morgan fingerprint density at radius 1 is 0.792 bits per heavy atom. The zero-order valence-corrected chi connectivity index (χ0v) is 13.8. The van der Waals surface area contributed by atoms with Gasteiger partial charge in [-0.1, -0.05) is 29.8 Å². The Labute approximate surface area is 141 Å². The van der Waals surface area contributed by atoms with Gasteiger partial charge in [-0.2, -0.15) is 0 Å². The number of H-pyrrole nitrogens is 1. The van der Waals surface area contributed by atoms with E-state index in [1.54, 1.807) is 0 Å². The highest BCUT2D eigenvalue weighted by Crippen LogP contribution is 2.27. The summed E-state index contributed by atoms with van der Waals surface area (Å²) in [4.78, 5) is 10.2. The molecule has 0 saturated heterocycles. The van der Waals surface area contributed by atoms with Crippen molar-refractivity contribution in [3.8, 4) is 11.4 Å². The molecule has 1 aromatic heterocycles. The summed E-state index contributed by atoms with van der Waals surface area (Å²) in [6.45, 7) is 2.10. The van der Waals surface area contributed by atoms with Gasteiger partial charge in [0.2, 0.25) is 0 Å². The van der Waals surface area contributed by atoms with Crippen molar-refractivity contribution in [3.63, 3.8) is 0 Å². The van der Waals surface area contributed by atoms with Crippen molar-refractivity contribution in [1.82, 2.24) is 9.97 Å². The van der Waals surface area contributed by atoms with Gasteiger partial charge in [0.25, 0.3) is 0 Å². The molecule has 0 aliphatic rings. The van der Waals surface area contributed by atoms with Gasteiger partial charge >= 0.3 is 0 Å². The van der Waals surface area contributed by atoms with Crippen LogP contribution in [0.2, 0.25) is 0 Å². The number of imidazole rings is 1. The maximum absolute atomic E-state index is 4.66. The molecule has 3 nitrogen and oxygen atoms in total. The quantitative estimate of drug-likeness (QED) is 0.556. The molecule has 0 spiro atoms. The van der Waals surface area contributed by atoms with Crippen LogP contribution in [0.25, 0.3) is 22.4 Å². The summed E-state index contributed by atoms with van der Waals surface area (Å²) < 4.78 is 0. The fourth-order valence-electron chi connectivity index (χ4n) is 2.85. The SMILES string of the molecule is Cc1ccc(N(C)c2ccc(-c3nc4ccccc4[nH]3)cc2)cc1. The fraction of sp³-hybridized carbons (Fsp3) is 0.0952. The number of para-hydroxylation sites is 2. The van der Waals surface area contributed by atoms with Gasteiger partial charge in [-0.05, 0) is 55.5 Å². The third-order valence-corrected chi connectivity index (χ3v) is 4.34. The molecular formula is C21H19N3. The molecule has 0 radical (unpaired) electrons. The highest BCUT2D eigenvalue weighted by Gasteiger charge is 2.07. The summed E-state index contributed by atoms with van der Waals surface area (Å²) in [7, 11) is 2.08. The number of fused-ring (bicyclic) bond motifs is 1. The minimum atomic E-state index is 0.903. The van der Waals surface area contributed by atoms with Crippen molar-refractivity contribution < 1.29 is 0 Å². The lowest BCUT2D eigenvalue weighted by molar-refractivity contribution is 1.20. The van der Waals surface area contributed by atoms with Crippen molar-refractivity contribution in [3.05, 3.63) is 78.4 Å². The largest absolute Gasteiger partial charge is 0.345 e. The summed E-state index contributed by atoms with van der Waals surface area (Å²) in [5.41, 5.74) is 6.75. The standard InChI is InChI=1S/C21H19N3/c1-15-7-11-17(12-8-15)24(2)18-13-9-16(10-14-18)21-22-19-5-3-4-6-20(19)23-21/h3-14H,1-2H3,(H,22,23). The predicted molar refractivity (Wildman–Crippen MR) is 101 cm³/mol. The Kier molecular flexibility index (Phi) is 3.54. The zero-order valence-electron chi connectivity index (χ0n) is 13.8. The molecule has 0 atom stereocenters. The first-order valence-corrected chi connectivity index (χ1v) is 8.06. The first kappa shape index (κ1) is 14.5. The molecule has 3 heteroatoms. The van der Waals surface area contributed by atoms with Crippen LogP contribution in [-0.2, 0) is 0 Å². The van der Waals surface area contributed by atoms with E-state index in [0.717, 1.165) is 28.1 Å². The number of rotatable bonds is 3. The molecule has 3 aromatic carbocycles. The van der Waals surface area contributed by atoms with Gasteiger partial charge in [-0.3, -0.25) is 0 Å². The summed E-state index contributed by atoms with van der Waals surface area (Å²) >= 11 is 0. The van der Waals surface area contributed by atoms with Crippen molar-refractivity contribution in [1.29, 1.82) is 0 Å². The van der Waals surface area contributed by atoms with E-state index >= 15 is 0 Å². The first-order chi connectivity index (χ1) is 11.7. The average Bonchev–Trinajstić information content (AvgIpc) is 3.06. The highest BCUT2D eigenvalue weighted by atomic mass is 15.1. The van der Waals surface area contributed by atoms with Crippen LogP contribution in [0.15, 0.2) is 72.8 Å². The third-order valence-electron chi connectivity index (χ3n) is 4.34. The zero-order chi connectivity index (χ0) is 16.5. The Morgan fingerprint density at radius 3 is 2.08 bits per heavy atom. The number of benzene rings is 3. The van der Waals surface area contributed by atoms with E-state index in [0.29, 0.717) is 0 Å². The van der Waals surface area contributed by atoms with E-state index in [9.17, 15) is 0 Å². The van der Waals surface area contributed by atoms with Crippen molar-refractivity contribution in [2.24, 2.45) is 0 Å². The summed E-state index contributed by atoms with van der Waals surface area (Å²) in [6.07, 6.45) is 0. The number of aromatic nitrogens is 2. The molecule has 0 aliphatic heterocycles. The number of nitrogens with zero attached hydrogens (tertiary/aromatic N) is 2. The monoisotopic (exact) mass is 313 g/mol. The van der Waals surface area contributed by atoms with Crippen LogP contribution >= 0.6 is 0 Å². The topological polar surface area (TPSA) is 31.9 Å². The maximum atomic E-state index is 4.66. The molecule has 0 saturated carbocycles. The van der Waals surface area contributed by atoms with Gasteiger partial charge in [0, 0.05) is 24.0 Å². The minimum Gasteiger partial charge on any atom is -0.345 e. The van der Waals surface area contributed by atoms with Gasteiger partial charge in [0.1, 0.15) is 5.82 Å². The molecule has 0 bridgehead atoms. The second-order valence-corrected chi connectivity index (χ2v) is 6.04. The number of anilines is 2. The van der Waals surface area contributed by atoms with Crippen LogP contribution in [0.1, 0.15) is 5.56 Å². The van der Waals surface area contributed by atoms with E-state index in [1.807, 2.05) is 24.3 Å². The lowest BCUT2D eigenvalue weighted by atomic mass is 10.1. The molecule has 24 heavy (non-hydrogen) atoms. The molecular weight excluding hydrogens is 294 g/mol. The molecule has 0 unspecified atom stereocenters. The molecule has 118 valence electrons. The van der Waals surface area contributed by atoms with Gasteiger partial charge in [-0.25, -0.2) is 4.98 Å². The lowest BCUT2D eigenvalue weighted by Crippen LogP contribution is -2.08. The van der Waals surface area contributed by atoms with Crippen LogP contribution in [0.3, 0.4) is 0 Å². The number of aromatic amines is 1. The highest BCUT2D eigenvalue weighted by molar-refractivity contribution is 5.79. The first-order valence-electron chi connectivity index (χ1n) is 8.06. The van der Waals surface area contributed by atoms with E-state index in [1.165, 1.54) is 11.3 Å². The molecule has 0 fully saturated rings. The van der Waals surface area contributed by atoms with Gasteiger partial charge < -0.3 is 9.88 Å². The Hall–Kier alpha value is -3.07. The van der Waals surface area contributed by atoms with Crippen LogP contribution in [-0.4, -0.2) is 17.0 Å². The summed E-state index contributed by atoms with van der Waals surface area (Å²) in [5, 5.41) is 0. The molecule has 0 aliphatic carbocycles. The van der Waals surface area contributed by atoms with Crippen LogP contribution in [0, 0.1) is 6.92 Å². The van der Waals surface area contributed by atoms with Crippen molar-refractivity contribution in [2.45, 2.75) is 6.92 Å². The van der Waals surface area contributed by atoms with Crippen LogP contribution in [0.4, 0.5) is 11.4 Å². The number of hydrogen-bond donors (Lipinski definition) is 1. The Bertz CT molecular complexity index is 933. The lowest BCUT2D eigenvalue weighted by Gasteiger charge is -2.19. The van der Waals surface area contributed by atoms with Crippen LogP contribution < -0.4 is 4.90 Å². The van der Waals surface area contributed by atoms with Gasteiger partial charge in [-0.15, -0.1) is 0 Å². The normalized spacial score (nSPS) is 10.9. The van der Waals surface area contributed by atoms with Gasteiger partial charge in [0.15, 0.2) is 0 Å². The second kappa shape index (κ2) is 5.85. The maximum Gasteiger partial charge on any atom is 0.138 e. The van der Waals surface area contributed by atoms with Crippen LogP contribution in [0.5, 0.6) is 0 Å². The molecule has 1 N–H and O–H groups in total. The van der Waals surface area contributed by atoms with E-state index in [2.05, 4.69) is 77.4 Å². The van der Waals surface area contributed by atoms with Gasteiger partial charge in [0.05, 0.1) is 11.0 Å². The minimum absolute atomic E-state index is 0.903. The molecule has 4 aromatic rings. The molecule has 1 heterocycles. The number of aryl methyl sites for hydroxylation is 1. The fourth-order valence-corrected chi connectivity index (χ4v) is 2.85. The second-order valence-electron chi connectivity index (χ2n) is 6.04. The number of nitrogens with one attached hydrogen (secondary N) is 1. The average molecular weight is 313 g/mol. The van der Waals surface area contributed by atoms with Crippen molar-refractivity contribution in [2.75, 3.05) is 11.9 Å². The Balaban J connectivity index is 1.63. The van der Waals surface area contributed by atoms with E-state index in [-0.39, 0.29) is 0 Å². The summed E-state index contributed by atoms with van der Waals surface area (Å²) in [6, 6.07) is 25.1. The summed E-state index contributed by atoms with van der Waals surface area (Å²) in [5.74, 6) is 0.903. The number of hydrogen-bond acceptors (Lipinski definition) is 2. The molecule has 0 amide bonds. The van der Waals surface area contributed by atoms with Crippen molar-refractivity contribution >= 4 is 22.4 Å². The van der Waals surface area contributed by atoms with E-state index < -0.39 is 0 Å².